The number of fused-ring (bicyclic) bond motifs is 2. The Balaban J connectivity index is 1.35. The number of aromatic nitrogens is 1. The molecule has 2 aliphatic rings. The molecule has 37 heavy (non-hydrogen) atoms. The molecule has 1 aliphatic carbocycles. The summed E-state index contributed by atoms with van der Waals surface area (Å²) in [5.41, 5.74) is 6.60. The zero-order valence-electron chi connectivity index (χ0n) is 19.7. The van der Waals surface area contributed by atoms with E-state index in [2.05, 4.69) is 5.32 Å². The molecule has 0 spiro atoms. The summed E-state index contributed by atoms with van der Waals surface area (Å²) < 4.78 is 20.4. The van der Waals surface area contributed by atoms with Crippen LogP contribution in [0.3, 0.4) is 0 Å². The van der Waals surface area contributed by atoms with Gasteiger partial charge in [0.1, 0.15) is 11.6 Å². The van der Waals surface area contributed by atoms with Crippen LogP contribution < -0.4 is 15.8 Å². The molecular formula is C26H25FN4O6. The molecule has 2 fully saturated rings. The van der Waals surface area contributed by atoms with Crippen LogP contribution in [0.4, 0.5) is 19.7 Å². The molecule has 3 amide bonds. The highest BCUT2D eigenvalue weighted by molar-refractivity contribution is 6.06. The van der Waals surface area contributed by atoms with Crippen LogP contribution in [0.2, 0.25) is 0 Å². The van der Waals surface area contributed by atoms with Crippen LogP contribution in [-0.2, 0) is 16.0 Å². The van der Waals surface area contributed by atoms with Gasteiger partial charge in [-0.05, 0) is 55.0 Å². The second-order valence-electron chi connectivity index (χ2n) is 9.32. The van der Waals surface area contributed by atoms with E-state index in [1.807, 2.05) is 0 Å². The van der Waals surface area contributed by atoms with Crippen molar-refractivity contribution >= 4 is 40.4 Å². The van der Waals surface area contributed by atoms with E-state index in [0.29, 0.717) is 22.9 Å². The van der Waals surface area contributed by atoms with Gasteiger partial charge in [-0.3, -0.25) is 9.36 Å². The minimum absolute atomic E-state index is 0.0543. The van der Waals surface area contributed by atoms with Crippen molar-refractivity contribution < 1.29 is 33.4 Å². The van der Waals surface area contributed by atoms with Crippen molar-refractivity contribution in [1.29, 1.82) is 0 Å². The van der Waals surface area contributed by atoms with Crippen LogP contribution in [0.15, 0.2) is 48.7 Å². The van der Waals surface area contributed by atoms with E-state index < -0.39 is 30.7 Å². The first kappa shape index (κ1) is 24.3. The number of ketones is 1. The summed E-state index contributed by atoms with van der Waals surface area (Å²) in [7, 11) is 0. The van der Waals surface area contributed by atoms with E-state index in [1.54, 1.807) is 23.1 Å². The Morgan fingerprint density at radius 3 is 2.65 bits per heavy atom. The van der Waals surface area contributed by atoms with Crippen molar-refractivity contribution in [3.05, 3.63) is 60.0 Å². The Labute approximate surface area is 210 Å². The van der Waals surface area contributed by atoms with E-state index >= 15 is 0 Å². The predicted molar refractivity (Wildman–Crippen MR) is 131 cm³/mol. The lowest BCUT2D eigenvalue weighted by Crippen LogP contribution is -2.45. The molecule has 0 radical (unpaired) electrons. The van der Waals surface area contributed by atoms with Crippen molar-refractivity contribution in [1.82, 2.24) is 9.47 Å². The van der Waals surface area contributed by atoms with Gasteiger partial charge in [0.25, 0.3) is 0 Å². The third-order valence-corrected chi connectivity index (χ3v) is 6.93. The van der Waals surface area contributed by atoms with Gasteiger partial charge in [-0.1, -0.05) is 18.2 Å². The van der Waals surface area contributed by atoms with Gasteiger partial charge in [0.05, 0.1) is 17.2 Å². The summed E-state index contributed by atoms with van der Waals surface area (Å²) in [6.07, 6.45) is 3.10. The van der Waals surface area contributed by atoms with E-state index in [0.717, 1.165) is 11.0 Å². The third-order valence-electron chi connectivity index (χ3n) is 6.93. The second kappa shape index (κ2) is 9.57. The molecule has 2 aromatic carbocycles. The number of Topliss-reactive ketones (excluding diaryl/α,β-unsaturated/α-hetero) is 1. The van der Waals surface area contributed by atoms with Crippen LogP contribution in [0.5, 0.6) is 5.75 Å². The number of hydrogen-bond donors (Lipinski definition) is 3. The number of nitrogens with two attached hydrogens (primary N) is 1. The molecule has 1 aliphatic heterocycles. The van der Waals surface area contributed by atoms with Gasteiger partial charge in [0, 0.05) is 24.0 Å². The van der Waals surface area contributed by atoms with Gasteiger partial charge in [-0.25, -0.2) is 18.8 Å². The number of aliphatic carboxylic acids is 1. The Morgan fingerprint density at radius 1 is 1.14 bits per heavy atom. The average Bonchev–Trinajstić information content (AvgIpc) is 3.37. The number of hydrogen-bond acceptors (Lipinski definition) is 5. The van der Waals surface area contributed by atoms with E-state index in [4.69, 9.17) is 15.6 Å². The zero-order chi connectivity index (χ0) is 26.3. The number of benzene rings is 2. The maximum Gasteiger partial charge on any atom is 0.341 e. The predicted octanol–water partition coefficient (Wildman–Crippen LogP) is 3.37. The summed E-state index contributed by atoms with van der Waals surface area (Å²) in [6.45, 7) is -0.558. The Hall–Kier alpha value is -4.41. The largest absolute Gasteiger partial charge is 0.482 e. The number of urea groups is 1. The summed E-state index contributed by atoms with van der Waals surface area (Å²) in [4.78, 5) is 50.8. The van der Waals surface area contributed by atoms with Crippen LogP contribution in [0.1, 0.15) is 24.8 Å². The standard InChI is InChI=1S/C26H25FN4O6/c27-18-4-2-1-3-14(18)5-8-23(32)22-10-15-9-21(15)31(22)26(36)29-19-12-30(25(28)35)20-7-6-16(11-17(19)20)37-13-24(33)34/h1-4,6-7,11-12,15,21-22H,5,8-10,13H2,(H2,28,35)(H,29,36)(H,33,34)/t15?,21?,22-/m0/s1. The normalized spacial score (nSPS) is 19.9. The van der Waals surface area contributed by atoms with Crippen LogP contribution in [-0.4, -0.2) is 57.1 Å². The summed E-state index contributed by atoms with van der Waals surface area (Å²) >= 11 is 0. The van der Waals surface area contributed by atoms with Gasteiger partial charge in [0.15, 0.2) is 12.4 Å². The molecule has 3 atom stereocenters. The van der Waals surface area contributed by atoms with Crippen molar-refractivity contribution in [3.8, 4) is 5.75 Å². The van der Waals surface area contributed by atoms with E-state index in [9.17, 15) is 23.6 Å². The SMILES string of the molecule is NC(=O)n1cc(NC(=O)N2C3CC3C[C@H]2C(=O)CCc2ccccc2F)c2cc(OCC(=O)O)ccc21. The van der Waals surface area contributed by atoms with Crippen LogP contribution >= 0.6 is 0 Å². The molecule has 3 aromatic rings. The highest BCUT2D eigenvalue weighted by atomic mass is 19.1. The maximum absolute atomic E-state index is 14.0. The molecule has 1 saturated carbocycles. The molecule has 5 rings (SSSR count). The molecular weight excluding hydrogens is 483 g/mol. The fraction of sp³-hybridized carbons (Fsp3) is 0.308. The molecule has 0 bridgehead atoms. The average molecular weight is 509 g/mol. The number of carbonyl (C=O) groups excluding carboxylic acids is 3. The number of nitrogens with one attached hydrogen (secondary N) is 1. The minimum atomic E-state index is -1.15. The number of ether oxygens (including phenoxy) is 1. The summed E-state index contributed by atoms with van der Waals surface area (Å²) in [5.74, 6) is -1.17. The number of piperidine rings is 1. The van der Waals surface area contributed by atoms with Gasteiger partial charge in [-0.15, -0.1) is 0 Å². The third kappa shape index (κ3) is 4.84. The van der Waals surface area contributed by atoms with Crippen LogP contribution in [0, 0.1) is 11.7 Å². The Kier molecular flexibility index (Phi) is 6.28. The maximum atomic E-state index is 14.0. The van der Waals surface area contributed by atoms with E-state index in [1.165, 1.54) is 30.5 Å². The first-order valence-electron chi connectivity index (χ1n) is 11.9. The Bertz CT molecular complexity index is 1420. The molecule has 1 saturated heterocycles. The first-order chi connectivity index (χ1) is 17.7. The minimum Gasteiger partial charge on any atom is -0.482 e. The number of primary amides is 1. The number of amides is 3. The van der Waals surface area contributed by atoms with Crippen LogP contribution in [0.25, 0.3) is 10.9 Å². The highest BCUT2D eigenvalue weighted by Gasteiger charge is 2.55. The number of carboxylic acids is 1. The number of carboxylic acid groups (broad SMARTS) is 1. The van der Waals surface area contributed by atoms with Crippen molar-refractivity contribution in [3.63, 3.8) is 0 Å². The van der Waals surface area contributed by atoms with Gasteiger partial charge in [-0.2, -0.15) is 0 Å². The number of carbonyl (C=O) groups is 4. The number of likely N-dealkylation sites (tertiary alicyclic amines) is 1. The number of halogens is 1. The van der Waals surface area contributed by atoms with Crippen molar-refractivity contribution in [2.45, 2.75) is 37.8 Å². The smallest absolute Gasteiger partial charge is 0.341 e. The second-order valence-corrected chi connectivity index (χ2v) is 9.32. The summed E-state index contributed by atoms with van der Waals surface area (Å²) in [6, 6.07) is 8.91. The lowest BCUT2D eigenvalue weighted by atomic mass is 10.00. The van der Waals surface area contributed by atoms with Crippen molar-refractivity contribution in [2.75, 3.05) is 11.9 Å². The van der Waals surface area contributed by atoms with Gasteiger partial charge < -0.3 is 25.8 Å². The molecule has 1 aromatic heterocycles. The zero-order valence-corrected chi connectivity index (χ0v) is 19.7. The molecule has 2 unspecified atom stereocenters. The topological polar surface area (TPSA) is 144 Å². The summed E-state index contributed by atoms with van der Waals surface area (Å²) in [5, 5.41) is 12.1. The molecule has 10 nitrogen and oxygen atoms in total. The fourth-order valence-electron chi connectivity index (χ4n) is 5.07. The van der Waals surface area contributed by atoms with Gasteiger partial charge in [0.2, 0.25) is 0 Å². The molecule has 11 heteroatoms. The number of rotatable bonds is 8. The molecule has 2 heterocycles. The Morgan fingerprint density at radius 2 is 1.92 bits per heavy atom. The molecule has 192 valence electrons. The number of anilines is 1. The quantitative estimate of drug-likeness (QED) is 0.426. The highest BCUT2D eigenvalue weighted by Crippen LogP contribution is 2.48. The van der Waals surface area contributed by atoms with Crippen molar-refractivity contribution in [2.24, 2.45) is 11.7 Å². The van der Waals surface area contributed by atoms with Gasteiger partial charge >= 0.3 is 18.0 Å². The fourth-order valence-corrected chi connectivity index (χ4v) is 5.07. The van der Waals surface area contributed by atoms with E-state index in [-0.39, 0.29) is 47.8 Å². The number of aryl methyl sites for hydroxylation is 1. The number of nitrogens with zero attached hydrogens (tertiary/aromatic N) is 2. The monoisotopic (exact) mass is 508 g/mol. The first-order valence-corrected chi connectivity index (χ1v) is 11.9. The lowest BCUT2D eigenvalue weighted by Gasteiger charge is -2.27. The lowest BCUT2D eigenvalue weighted by molar-refractivity contribution is -0.139. The molecule has 4 N–H and O–H groups in total.